The number of aliphatic hydroxyl groups is 1. The Morgan fingerprint density at radius 2 is 1.65 bits per heavy atom. The molecule has 3 aliphatic rings. The number of benzene rings is 2. The van der Waals surface area contributed by atoms with Crippen molar-refractivity contribution in [2.75, 3.05) is 19.8 Å². The van der Waals surface area contributed by atoms with Gasteiger partial charge >= 0.3 is 6.09 Å². The lowest BCUT2D eigenvalue weighted by molar-refractivity contribution is -0.138. The number of ether oxygens (including phenoxy) is 2. The summed E-state index contributed by atoms with van der Waals surface area (Å²) in [5.41, 5.74) is 5.37. The summed E-state index contributed by atoms with van der Waals surface area (Å²) in [4.78, 5) is 19.6. The number of aryl methyl sites for hydroxylation is 1. The van der Waals surface area contributed by atoms with Crippen molar-refractivity contribution in [1.82, 2.24) is 9.88 Å². The number of rotatable bonds is 3. The first kappa shape index (κ1) is 21.3. The van der Waals surface area contributed by atoms with Gasteiger partial charge in [0.25, 0.3) is 0 Å². The van der Waals surface area contributed by atoms with Crippen molar-refractivity contribution in [3.8, 4) is 11.1 Å². The van der Waals surface area contributed by atoms with Crippen LogP contribution in [-0.4, -0.2) is 53.0 Å². The van der Waals surface area contributed by atoms with Crippen molar-refractivity contribution in [3.63, 3.8) is 0 Å². The third kappa shape index (κ3) is 3.40. The average molecular weight is 457 g/mol. The Morgan fingerprint density at radius 3 is 2.26 bits per heavy atom. The van der Waals surface area contributed by atoms with Gasteiger partial charge in [0.05, 0.1) is 31.0 Å². The average Bonchev–Trinajstić information content (AvgIpc) is 3.16. The highest BCUT2D eigenvalue weighted by molar-refractivity contribution is 5.79. The smallest absolute Gasteiger partial charge is 0.410 e. The molecule has 6 rings (SSSR count). The molecule has 3 aromatic rings. The van der Waals surface area contributed by atoms with Gasteiger partial charge in [0.15, 0.2) is 0 Å². The Kier molecular flexibility index (Phi) is 5.15. The Hall–Kier alpha value is -3.22. The van der Waals surface area contributed by atoms with Gasteiger partial charge in [0.1, 0.15) is 12.2 Å². The lowest BCUT2D eigenvalue weighted by Crippen LogP contribution is -2.63. The molecule has 1 aromatic heterocycles. The lowest BCUT2D eigenvalue weighted by Gasteiger charge is -2.50. The normalized spacial score (nSPS) is 25.5. The quantitative estimate of drug-likeness (QED) is 0.633. The minimum Gasteiger partial charge on any atom is -0.448 e. The molecule has 1 amide bonds. The second-order valence-electron chi connectivity index (χ2n) is 9.67. The molecule has 2 atom stereocenters. The number of amides is 1. The van der Waals surface area contributed by atoms with Crippen molar-refractivity contribution in [2.24, 2.45) is 0 Å². The minimum absolute atomic E-state index is 0.0188. The number of carbonyl (C=O) groups is 1. The fraction of sp³-hybridized carbons (Fsp3) is 0.357. The Labute approximate surface area is 199 Å². The molecule has 0 saturated carbocycles. The monoisotopic (exact) mass is 456 g/mol. The summed E-state index contributed by atoms with van der Waals surface area (Å²) in [7, 11) is 0. The highest BCUT2D eigenvalue weighted by atomic mass is 16.6. The van der Waals surface area contributed by atoms with E-state index in [2.05, 4.69) is 29.2 Å². The molecule has 2 bridgehead atoms. The van der Waals surface area contributed by atoms with Crippen LogP contribution < -0.4 is 0 Å². The third-order valence-corrected chi connectivity index (χ3v) is 7.55. The summed E-state index contributed by atoms with van der Waals surface area (Å²) in [5, 5.41) is 11.6. The maximum absolute atomic E-state index is 13.4. The molecule has 0 spiro atoms. The second-order valence-corrected chi connectivity index (χ2v) is 9.67. The summed E-state index contributed by atoms with van der Waals surface area (Å²) in [6.07, 6.45) is 2.14. The van der Waals surface area contributed by atoms with Crippen molar-refractivity contribution in [2.45, 2.75) is 43.4 Å². The van der Waals surface area contributed by atoms with Crippen LogP contribution in [0.2, 0.25) is 0 Å². The lowest BCUT2D eigenvalue weighted by atomic mass is 9.78. The first-order valence-electron chi connectivity index (χ1n) is 11.9. The number of nitrogens with zero attached hydrogens (tertiary/aromatic N) is 2. The molecule has 2 aliphatic heterocycles. The number of fused-ring (bicyclic) bond motifs is 5. The van der Waals surface area contributed by atoms with E-state index >= 15 is 0 Å². The molecule has 34 heavy (non-hydrogen) atoms. The Balaban J connectivity index is 1.21. The number of carbonyl (C=O) groups excluding carboxylic acids is 1. The topological polar surface area (TPSA) is 71.9 Å². The van der Waals surface area contributed by atoms with Gasteiger partial charge in [-0.25, -0.2) is 4.79 Å². The first-order chi connectivity index (χ1) is 16.5. The first-order valence-corrected chi connectivity index (χ1v) is 11.9. The van der Waals surface area contributed by atoms with Crippen LogP contribution in [0.15, 0.2) is 66.9 Å². The van der Waals surface area contributed by atoms with Gasteiger partial charge in [-0.05, 0) is 40.8 Å². The largest absolute Gasteiger partial charge is 0.448 e. The summed E-state index contributed by atoms with van der Waals surface area (Å²) in [5.74, 6) is 0.0188. The molecule has 2 saturated heterocycles. The zero-order valence-electron chi connectivity index (χ0n) is 19.2. The van der Waals surface area contributed by atoms with E-state index in [4.69, 9.17) is 9.47 Å². The molecule has 0 radical (unpaired) electrons. The van der Waals surface area contributed by atoms with Crippen LogP contribution in [0.25, 0.3) is 11.1 Å². The number of hydrogen-bond donors (Lipinski definition) is 1. The van der Waals surface area contributed by atoms with E-state index in [0.29, 0.717) is 31.7 Å². The van der Waals surface area contributed by atoms with E-state index in [1.807, 2.05) is 43.3 Å². The van der Waals surface area contributed by atoms with Gasteiger partial charge in [-0.3, -0.25) is 9.88 Å². The molecular formula is C28H28N2O4. The molecule has 6 nitrogen and oxygen atoms in total. The van der Waals surface area contributed by atoms with Gasteiger partial charge in [0, 0.05) is 25.0 Å². The van der Waals surface area contributed by atoms with Gasteiger partial charge < -0.3 is 14.6 Å². The third-order valence-electron chi connectivity index (χ3n) is 7.55. The van der Waals surface area contributed by atoms with Crippen LogP contribution in [-0.2, 0) is 15.1 Å². The molecule has 2 unspecified atom stereocenters. The highest BCUT2D eigenvalue weighted by Gasteiger charge is 2.50. The van der Waals surface area contributed by atoms with E-state index in [0.717, 1.165) is 5.56 Å². The zero-order chi connectivity index (χ0) is 23.3. The molecule has 1 aliphatic carbocycles. The van der Waals surface area contributed by atoms with E-state index in [1.165, 1.54) is 22.3 Å². The minimum atomic E-state index is -1.08. The van der Waals surface area contributed by atoms with Crippen LogP contribution in [0.5, 0.6) is 0 Å². The van der Waals surface area contributed by atoms with Crippen molar-refractivity contribution in [3.05, 3.63) is 89.2 Å². The molecule has 3 heterocycles. The van der Waals surface area contributed by atoms with Crippen LogP contribution in [0.1, 0.15) is 41.1 Å². The SMILES string of the molecule is Cc1cccnc1C1(O)CC2COCC(C1)N2C(=O)OCC1c2ccccc2-c2ccccc21. The van der Waals surface area contributed by atoms with Crippen molar-refractivity contribution < 1.29 is 19.4 Å². The van der Waals surface area contributed by atoms with Crippen molar-refractivity contribution >= 4 is 6.09 Å². The summed E-state index contributed by atoms with van der Waals surface area (Å²) < 4.78 is 11.7. The van der Waals surface area contributed by atoms with Crippen LogP contribution >= 0.6 is 0 Å². The Bertz CT molecular complexity index is 1180. The maximum Gasteiger partial charge on any atom is 0.410 e. The van der Waals surface area contributed by atoms with Gasteiger partial charge in [-0.2, -0.15) is 0 Å². The number of morpholine rings is 1. The van der Waals surface area contributed by atoms with Gasteiger partial charge in [-0.15, -0.1) is 0 Å². The fourth-order valence-corrected chi connectivity index (χ4v) is 6.11. The molecule has 174 valence electrons. The number of hydrogen-bond acceptors (Lipinski definition) is 5. The summed E-state index contributed by atoms with van der Waals surface area (Å²) in [6.45, 7) is 3.02. The van der Waals surface area contributed by atoms with Crippen LogP contribution in [0.3, 0.4) is 0 Å². The van der Waals surface area contributed by atoms with E-state index < -0.39 is 5.60 Å². The maximum atomic E-state index is 13.4. The zero-order valence-corrected chi connectivity index (χ0v) is 19.2. The number of pyridine rings is 1. The highest BCUT2D eigenvalue weighted by Crippen LogP contribution is 2.45. The van der Waals surface area contributed by atoms with Gasteiger partial charge in [-0.1, -0.05) is 54.6 Å². The predicted octanol–water partition coefficient (Wildman–Crippen LogP) is 4.39. The molecule has 1 N–H and O–H groups in total. The summed E-state index contributed by atoms with van der Waals surface area (Å²) in [6, 6.07) is 20.0. The van der Waals surface area contributed by atoms with Crippen LogP contribution in [0.4, 0.5) is 4.79 Å². The number of aromatic nitrogens is 1. The fourth-order valence-electron chi connectivity index (χ4n) is 6.11. The second kappa shape index (κ2) is 8.22. The Morgan fingerprint density at radius 1 is 1.03 bits per heavy atom. The number of piperidine rings is 1. The van der Waals surface area contributed by atoms with Crippen molar-refractivity contribution in [1.29, 1.82) is 0 Å². The van der Waals surface area contributed by atoms with E-state index in [1.54, 1.807) is 11.1 Å². The summed E-state index contributed by atoms with van der Waals surface area (Å²) >= 11 is 0. The van der Waals surface area contributed by atoms with E-state index in [9.17, 15) is 9.90 Å². The standard InChI is InChI=1S/C28H28N2O4/c1-18-7-6-12-29-26(18)28(32)13-19-15-33-16-20(14-28)30(19)27(31)34-17-25-23-10-4-2-8-21(23)22-9-3-5-11-24(22)25/h2-12,19-20,25,32H,13-17H2,1H3. The molecular weight excluding hydrogens is 428 g/mol. The van der Waals surface area contributed by atoms with E-state index in [-0.39, 0.29) is 30.7 Å². The molecule has 2 aromatic carbocycles. The van der Waals surface area contributed by atoms with Gasteiger partial charge in [0.2, 0.25) is 0 Å². The van der Waals surface area contributed by atoms with Crippen LogP contribution in [0, 0.1) is 6.92 Å². The molecule has 2 fully saturated rings. The molecule has 6 heteroatoms. The predicted molar refractivity (Wildman–Crippen MR) is 127 cm³/mol.